The first-order valence-electron chi connectivity index (χ1n) is 11.8. The van der Waals surface area contributed by atoms with Crippen molar-refractivity contribution < 1.29 is 14.3 Å². The maximum atomic E-state index is 14.4. The number of rotatable bonds is 1. The van der Waals surface area contributed by atoms with Gasteiger partial charge < -0.3 is 4.74 Å². The van der Waals surface area contributed by atoms with Gasteiger partial charge in [-0.05, 0) is 59.4 Å². The van der Waals surface area contributed by atoms with E-state index in [2.05, 4.69) is 26.0 Å². The molecule has 1 amide bonds. The maximum Gasteiger partial charge on any atom is 0.233 e. The number of carbonyl (C=O) groups excluding carboxylic acids is 2. The molecule has 1 saturated carbocycles. The van der Waals surface area contributed by atoms with Crippen molar-refractivity contribution >= 4 is 28.9 Å². The van der Waals surface area contributed by atoms with Crippen LogP contribution in [0, 0.1) is 16.7 Å². The van der Waals surface area contributed by atoms with Gasteiger partial charge in [0.25, 0.3) is 0 Å². The first-order chi connectivity index (χ1) is 15.8. The van der Waals surface area contributed by atoms with E-state index < -0.39 is 17.2 Å². The van der Waals surface area contributed by atoms with Gasteiger partial charge in [0.05, 0.1) is 12.0 Å². The molecule has 3 aliphatic carbocycles. The zero-order valence-electron chi connectivity index (χ0n) is 18.9. The zero-order chi connectivity index (χ0) is 22.8. The van der Waals surface area contributed by atoms with Crippen LogP contribution in [-0.4, -0.2) is 28.7 Å². The Balaban J connectivity index is 1.39. The highest BCUT2D eigenvalue weighted by Crippen LogP contribution is 2.69. The third kappa shape index (κ3) is 2.27. The Morgan fingerprint density at radius 2 is 1.85 bits per heavy atom. The number of allylic oxidation sites excluding steroid dienone is 2. The Morgan fingerprint density at radius 1 is 1.06 bits per heavy atom. The number of carbonyl (C=O) groups is 2. The summed E-state index contributed by atoms with van der Waals surface area (Å²) < 4.78 is 6.24. The molecule has 4 nitrogen and oxygen atoms in total. The summed E-state index contributed by atoms with van der Waals surface area (Å²) in [5.41, 5.74) is 4.34. The van der Waals surface area contributed by atoms with E-state index in [9.17, 15) is 9.59 Å². The lowest BCUT2D eigenvalue weighted by Gasteiger charge is -2.64. The van der Waals surface area contributed by atoms with Crippen LogP contribution >= 0.6 is 11.6 Å². The monoisotopic (exact) mass is 459 g/mol. The highest BCUT2D eigenvalue weighted by atomic mass is 35.5. The molecular formula is C28H26ClNO3. The van der Waals surface area contributed by atoms with Crippen molar-refractivity contribution in [2.75, 3.05) is 6.61 Å². The minimum atomic E-state index is -0.839. The molecular weight excluding hydrogens is 434 g/mol. The van der Waals surface area contributed by atoms with E-state index in [1.54, 1.807) is 0 Å². The number of amides is 1. The summed E-state index contributed by atoms with van der Waals surface area (Å²) in [7, 11) is 0. The Hall–Kier alpha value is -2.43. The second-order valence-corrected chi connectivity index (χ2v) is 11.6. The van der Waals surface area contributed by atoms with Gasteiger partial charge in [-0.1, -0.05) is 67.4 Å². The Morgan fingerprint density at radius 3 is 2.64 bits per heavy atom. The number of halogens is 1. The van der Waals surface area contributed by atoms with Crippen LogP contribution in [0.1, 0.15) is 56.0 Å². The summed E-state index contributed by atoms with van der Waals surface area (Å²) in [4.78, 5) is 30.0. The lowest BCUT2D eigenvalue weighted by atomic mass is 9.44. The van der Waals surface area contributed by atoms with Gasteiger partial charge in [0.2, 0.25) is 5.91 Å². The maximum absolute atomic E-state index is 14.4. The highest BCUT2D eigenvalue weighted by Gasteiger charge is 2.74. The molecule has 4 fully saturated rings. The van der Waals surface area contributed by atoms with E-state index in [1.807, 2.05) is 41.3 Å². The van der Waals surface area contributed by atoms with Gasteiger partial charge >= 0.3 is 0 Å². The van der Waals surface area contributed by atoms with Crippen LogP contribution in [-0.2, 0) is 20.7 Å². The molecule has 0 aromatic heterocycles. The fourth-order valence-electron chi connectivity index (χ4n) is 7.82. The van der Waals surface area contributed by atoms with Crippen LogP contribution in [0.2, 0.25) is 5.02 Å². The molecule has 5 heteroatoms. The normalized spacial score (nSPS) is 35.4. The number of nitrogens with zero attached hydrogens (tertiary/aromatic N) is 1. The molecule has 3 aliphatic heterocycles. The topological polar surface area (TPSA) is 46.6 Å². The molecule has 2 spiro atoms. The lowest BCUT2D eigenvalue weighted by molar-refractivity contribution is -0.190. The molecule has 0 radical (unpaired) electrons. The minimum Gasteiger partial charge on any atom is -0.351 e. The number of hydrogen-bond donors (Lipinski definition) is 0. The third-order valence-corrected chi connectivity index (χ3v) is 9.61. The number of benzene rings is 2. The molecule has 8 rings (SSSR count). The molecule has 3 heterocycles. The Kier molecular flexibility index (Phi) is 3.73. The SMILES string of the molecule is CC1(C)C2=C(C[C@@]34CC(=O)[C@]5(COC(c6ccccc6)N5C3=O)CC14)c1ccc(Cl)cc1C2. The average molecular weight is 460 g/mol. The van der Waals surface area contributed by atoms with Crippen LogP contribution < -0.4 is 0 Å². The zero-order valence-corrected chi connectivity index (χ0v) is 19.6. The second-order valence-electron chi connectivity index (χ2n) is 11.1. The minimum absolute atomic E-state index is 0.103. The Bertz CT molecular complexity index is 1280. The highest BCUT2D eigenvalue weighted by molar-refractivity contribution is 6.30. The molecule has 168 valence electrons. The van der Waals surface area contributed by atoms with E-state index in [0.29, 0.717) is 25.9 Å². The molecule has 2 aromatic carbocycles. The van der Waals surface area contributed by atoms with E-state index in [1.165, 1.54) is 22.3 Å². The van der Waals surface area contributed by atoms with Crippen LogP contribution in [0.25, 0.3) is 5.57 Å². The fraction of sp³-hybridized carbons (Fsp3) is 0.429. The van der Waals surface area contributed by atoms with Gasteiger partial charge in [0, 0.05) is 17.0 Å². The van der Waals surface area contributed by atoms with Crippen LogP contribution in [0.5, 0.6) is 0 Å². The first-order valence-corrected chi connectivity index (χ1v) is 12.2. The quantitative estimate of drug-likeness (QED) is 0.577. The van der Waals surface area contributed by atoms with Crippen molar-refractivity contribution in [3.8, 4) is 0 Å². The summed E-state index contributed by atoms with van der Waals surface area (Å²) >= 11 is 6.32. The average Bonchev–Trinajstić information content (AvgIpc) is 3.36. The number of hydrogen-bond acceptors (Lipinski definition) is 3. The largest absolute Gasteiger partial charge is 0.351 e. The van der Waals surface area contributed by atoms with Crippen molar-refractivity contribution in [3.05, 3.63) is 75.8 Å². The van der Waals surface area contributed by atoms with Gasteiger partial charge in [-0.3, -0.25) is 14.5 Å². The van der Waals surface area contributed by atoms with Crippen molar-refractivity contribution in [2.24, 2.45) is 16.7 Å². The van der Waals surface area contributed by atoms with E-state index in [4.69, 9.17) is 16.3 Å². The van der Waals surface area contributed by atoms with Crippen molar-refractivity contribution in [1.82, 2.24) is 4.90 Å². The molecule has 0 N–H and O–H groups in total. The van der Waals surface area contributed by atoms with Gasteiger partial charge in [0.15, 0.2) is 12.0 Å². The molecule has 4 atom stereocenters. The van der Waals surface area contributed by atoms with Gasteiger partial charge in [-0.15, -0.1) is 0 Å². The fourth-order valence-corrected chi connectivity index (χ4v) is 8.02. The molecule has 3 saturated heterocycles. The van der Waals surface area contributed by atoms with Crippen LogP contribution in [0.4, 0.5) is 0 Å². The molecule has 2 bridgehead atoms. The van der Waals surface area contributed by atoms with Gasteiger partial charge in [0.1, 0.15) is 5.54 Å². The molecule has 2 unspecified atom stereocenters. The van der Waals surface area contributed by atoms with Crippen molar-refractivity contribution in [2.45, 2.75) is 51.3 Å². The van der Waals surface area contributed by atoms with Crippen molar-refractivity contribution in [1.29, 1.82) is 0 Å². The number of Topliss-reactive ketones (excluding diaryl/α,β-unsaturated/α-hetero) is 1. The van der Waals surface area contributed by atoms with Gasteiger partial charge in [-0.2, -0.15) is 0 Å². The molecule has 33 heavy (non-hydrogen) atoms. The first kappa shape index (κ1) is 20.0. The van der Waals surface area contributed by atoms with Crippen LogP contribution in [0.15, 0.2) is 54.1 Å². The van der Waals surface area contributed by atoms with Crippen LogP contribution in [0.3, 0.4) is 0 Å². The third-order valence-electron chi connectivity index (χ3n) is 9.37. The summed E-state index contributed by atoms with van der Waals surface area (Å²) in [5, 5.41) is 0.747. The Labute approximate surface area is 198 Å². The number of ketones is 1. The van der Waals surface area contributed by atoms with Crippen molar-refractivity contribution in [3.63, 3.8) is 0 Å². The van der Waals surface area contributed by atoms with E-state index in [0.717, 1.165) is 17.0 Å². The number of piperidine rings is 2. The summed E-state index contributed by atoms with van der Waals surface area (Å²) in [6.45, 7) is 4.86. The van der Waals surface area contributed by atoms with Gasteiger partial charge in [-0.25, -0.2) is 0 Å². The second kappa shape index (κ2) is 6.17. The summed E-state index contributed by atoms with van der Waals surface area (Å²) in [6, 6.07) is 15.9. The smallest absolute Gasteiger partial charge is 0.233 e. The predicted octanol–water partition coefficient (Wildman–Crippen LogP) is 5.36. The summed E-state index contributed by atoms with van der Waals surface area (Å²) in [6.07, 6.45) is 2.02. The lowest BCUT2D eigenvalue weighted by Crippen LogP contribution is -2.74. The molecule has 2 aromatic rings. The predicted molar refractivity (Wildman–Crippen MR) is 125 cm³/mol. The summed E-state index contributed by atoms with van der Waals surface area (Å²) in [5.74, 6) is 0.394. The number of ether oxygens (including phenoxy) is 1. The van der Waals surface area contributed by atoms with E-state index >= 15 is 0 Å². The number of fused-ring (bicyclic) bond motifs is 3. The van der Waals surface area contributed by atoms with E-state index in [-0.39, 0.29) is 23.0 Å². The molecule has 6 aliphatic rings. The standard InChI is InChI=1S/C28H26ClNO3/c1-26(2)21-11-17-10-18(29)8-9-19(17)20(21)12-27-14-23(31)28(13-22(26)27)15-33-24(30(28)25(27)32)16-6-4-3-5-7-16/h3-10,22,24H,11-15H2,1-2H3/t22?,24?,27-,28+/m0/s1.